The van der Waals surface area contributed by atoms with Crippen LogP contribution in [0.5, 0.6) is 0 Å². The Kier molecular flexibility index (Phi) is 5.33. The van der Waals surface area contributed by atoms with Crippen LogP contribution in [0.1, 0.15) is 31.2 Å². The van der Waals surface area contributed by atoms with Crippen LogP contribution >= 0.6 is 11.3 Å². The molecule has 0 aliphatic carbocycles. The average molecular weight is 325 g/mol. The molecule has 0 bridgehead atoms. The highest BCUT2D eigenvalue weighted by atomic mass is 32.2. The summed E-state index contributed by atoms with van der Waals surface area (Å²) in [6.45, 7) is 4.57. The second kappa shape index (κ2) is 7.02. The normalized spacial score (nSPS) is 13.0. The Bertz CT molecular complexity index is 669. The van der Waals surface area contributed by atoms with Gasteiger partial charge in [-0.3, -0.25) is 4.98 Å². The van der Waals surface area contributed by atoms with Crippen molar-refractivity contribution in [3.63, 3.8) is 0 Å². The second-order valence-electron chi connectivity index (χ2n) is 4.66. The molecule has 2 rings (SSSR count). The van der Waals surface area contributed by atoms with E-state index in [1.165, 1.54) is 17.5 Å². The lowest BCUT2D eigenvalue weighted by Crippen LogP contribution is -2.27. The average Bonchev–Trinajstić information content (AvgIpc) is 2.99. The van der Waals surface area contributed by atoms with Crippen molar-refractivity contribution in [3.8, 4) is 0 Å². The molecule has 114 valence electrons. The summed E-state index contributed by atoms with van der Waals surface area (Å²) in [7, 11) is -3.61. The van der Waals surface area contributed by atoms with Crippen LogP contribution in [0.4, 0.5) is 5.69 Å². The Balaban J connectivity index is 2.23. The Morgan fingerprint density at radius 3 is 2.86 bits per heavy atom. The fourth-order valence-electron chi connectivity index (χ4n) is 1.89. The van der Waals surface area contributed by atoms with Crippen LogP contribution in [0.3, 0.4) is 0 Å². The predicted molar refractivity (Wildman–Crippen MR) is 86.1 cm³/mol. The van der Waals surface area contributed by atoms with Gasteiger partial charge in [0.1, 0.15) is 4.90 Å². The third kappa shape index (κ3) is 4.03. The highest BCUT2D eigenvalue weighted by molar-refractivity contribution is 7.89. The van der Waals surface area contributed by atoms with E-state index in [0.717, 1.165) is 11.3 Å². The van der Waals surface area contributed by atoms with Crippen LogP contribution in [-0.4, -0.2) is 19.9 Å². The van der Waals surface area contributed by atoms with Crippen LogP contribution < -0.4 is 10.0 Å². The highest BCUT2D eigenvalue weighted by Crippen LogP contribution is 2.24. The van der Waals surface area contributed by atoms with Gasteiger partial charge in [-0.15, -0.1) is 11.3 Å². The first-order valence-electron chi connectivity index (χ1n) is 6.78. The molecule has 1 unspecified atom stereocenters. The molecule has 1 atom stereocenters. The maximum absolute atomic E-state index is 12.5. The summed E-state index contributed by atoms with van der Waals surface area (Å²) in [5.41, 5.74) is 0.581. The first kappa shape index (κ1) is 15.9. The summed E-state index contributed by atoms with van der Waals surface area (Å²) in [5.74, 6) is 0. The van der Waals surface area contributed by atoms with Gasteiger partial charge in [-0.2, -0.15) is 0 Å². The largest absolute Gasteiger partial charge is 0.384 e. The zero-order valence-corrected chi connectivity index (χ0v) is 13.7. The molecule has 0 fully saturated rings. The molecule has 2 aromatic rings. The van der Waals surface area contributed by atoms with Gasteiger partial charge in [-0.1, -0.05) is 13.0 Å². The SMILES string of the molecule is CCCNc1ccncc1S(=O)(=O)NC(C)c1cccs1. The number of rotatable bonds is 7. The van der Waals surface area contributed by atoms with E-state index in [-0.39, 0.29) is 10.9 Å². The Morgan fingerprint density at radius 2 is 2.19 bits per heavy atom. The number of anilines is 1. The molecule has 2 N–H and O–H groups in total. The maximum Gasteiger partial charge on any atom is 0.244 e. The van der Waals surface area contributed by atoms with Crippen LogP contribution in [-0.2, 0) is 10.0 Å². The van der Waals surface area contributed by atoms with E-state index < -0.39 is 10.0 Å². The van der Waals surface area contributed by atoms with Crippen molar-refractivity contribution in [2.24, 2.45) is 0 Å². The van der Waals surface area contributed by atoms with Gasteiger partial charge in [0.25, 0.3) is 0 Å². The monoisotopic (exact) mass is 325 g/mol. The van der Waals surface area contributed by atoms with Gasteiger partial charge in [0.2, 0.25) is 10.0 Å². The highest BCUT2D eigenvalue weighted by Gasteiger charge is 2.22. The lowest BCUT2D eigenvalue weighted by molar-refractivity contribution is 0.568. The standard InChI is InChI=1S/C14H19N3O2S2/c1-3-7-16-12-6-8-15-10-14(12)21(18,19)17-11(2)13-5-4-9-20-13/h4-6,8-11,17H,3,7H2,1-2H3,(H,15,16). The number of aromatic nitrogens is 1. The summed E-state index contributed by atoms with van der Waals surface area (Å²) in [6.07, 6.45) is 3.88. The van der Waals surface area contributed by atoms with Crippen molar-refractivity contribution < 1.29 is 8.42 Å². The molecule has 2 aromatic heterocycles. The molecule has 0 spiro atoms. The maximum atomic E-state index is 12.5. The molecule has 21 heavy (non-hydrogen) atoms. The fraction of sp³-hybridized carbons (Fsp3) is 0.357. The van der Waals surface area contributed by atoms with Crippen molar-refractivity contribution in [1.29, 1.82) is 0 Å². The van der Waals surface area contributed by atoms with E-state index in [4.69, 9.17) is 0 Å². The van der Waals surface area contributed by atoms with Crippen LogP contribution in [0.15, 0.2) is 40.9 Å². The first-order chi connectivity index (χ1) is 10.0. The van der Waals surface area contributed by atoms with E-state index >= 15 is 0 Å². The Labute approximate surface area is 129 Å². The van der Waals surface area contributed by atoms with Gasteiger partial charge in [0, 0.05) is 23.8 Å². The lowest BCUT2D eigenvalue weighted by atomic mass is 10.3. The van der Waals surface area contributed by atoms with Crippen LogP contribution in [0.25, 0.3) is 0 Å². The third-order valence-electron chi connectivity index (χ3n) is 2.94. The van der Waals surface area contributed by atoms with Gasteiger partial charge in [0.15, 0.2) is 0 Å². The van der Waals surface area contributed by atoms with Gasteiger partial charge in [-0.25, -0.2) is 13.1 Å². The van der Waals surface area contributed by atoms with Crippen molar-refractivity contribution in [3.05, 3.63) is 40.8 Å². The minimum Gasteiger partial charge on any atom is -0.384 e. The summed E-state index contributed by atoms with van der Waals surface area (Å²) < 4.78 is 27.8. The molecule has 0 aliphatic heterocycles. The number of hydrogen-bond donors (Lipinski definition) is 2. The zero-order chi connectivity index (χ0) is 15.3. The number of hydrogen-bond acceptors (Lipinski definition) is 5. The summed E-state index contributed by atoms with van der Waals surface area (Å²) in [6, 6.07) is 5.23. The van der Waals surface area contributed by atoms with Crippen molar-refractivity contribution in [2.45, 2.75) is 31.2 Å². The van der Waals surface area contributed by atoms with E-state index in [2.05, 4.69) is 15.0 Å². The number of sulfonamides is 1. The van der Waals surface area contributed by atoms with Crippen LogP contribution in [0, 0.1) is 0 Å². The molecule has 0 amide bonds. The minimum absolute atomic E-state index is 0.182. The number of thiophene rings is 1. The molecule has 7 heteroatoms. The van der Waals surface area contributed by atoms with E-state index in [1.54, 1.807) is 12.3 Å². The number of nitrogens with one attached hydrogen (secondary N) is 2. The van der Waals surface area contributed by atoms with E-state index in [0.29, 0.717) is 12.2 Å². The molecule has 2 heterocycles. The third-order valence-corrected chi connectivity index (χ3v) is 5.56. The fourth-order valence-corrected chi connectivity index (χ4v) is 4.05. The van der Waals surface area contributed by atoms with E-state index in [9.17, 15) is 8.42 Å². The first-order valence-corrected chi connectivity index (χ1v) is 9.14. The smallest absolute Gasteiger partial charge is 0.244 e. The lowest BCUT2D eigenvalue weighted by Gasteiger charge is -2.15. The number of pyridine rings is 1. The molecule has 0 radical (unpaired) electrons. The molecule has 0 saturated heterocycles. The summed E-state index contributed by atoms with van der Waals surface area (Å²) in [5, 5.41) is 5.05. The molecule has 5 nitrogen and oxygen atoms in total. The number of nitrogens with zero attached hydrogens (tertiary/aromatic N) is 1. The Morgan fingerprint density at radius 1 is 1.38 bits per heavy atom. The summed E-state index contributed by atoms with van der Waals surface area (Å²) in [4.78, 5) is 5.09. The van der Waals surface area contributed by atoms with Crippen LogP contribution in [0.2, 0.25) is 0 Å². The molecule has 0 aromatic carbocycles. The summed E-state index contributed by atoms with van der Waals surface area (Å²) >= 11 is 1.53. The van der Waals surface area contributed by atoms with Crippen molar-refractivity contribution >= 4 is 27.0 Å². The van der Waals surface area contributed by atoms with Gasteiger partial charge in [0.05, 0.1) is 11.7 Å². The second-order valence-corrected chi connectivity index (χ2v) is 7.32. The van der Waals surface area contributed by atoms with Gasteiger partial charge < -0.3 is 5.32 Å². The Hall–Kier alpha value is -1.44. The predicted octanol–water partition coefficient (Wildman–Crippen LogP) is 3.00. The van der Waals surface area contributed by atoms with E-state index in [1.807, 2.05) is 31.4 Å². The minimum atomic E-state index is -3.61. The topological polar surface area (TPSA) is 71.1 Å². The zero-order valence-electron chi connectivity index (χ0n) is 12.0. The molecular formula is C14H19N3O2S2. The van der Waals surface area contributed by atoms with Crippen molar-refractivity contribution in [1.82, 2.24) is 9.71 Å². The van der Waals surface area contributed by atoms with Gasteiger partial charge >= 0.3 is 0 Å². The molecular weight excluding hydrogens is 306 g/mol. The molecule has 0 saturated carbocycles. The molecule has 0 aliphatic rings. The quantitative estimate of drug-likeness (QED) is 0.821. The van der Waals surface area contributed by atoms with Gasteiger partial charge in [-0.05, 0) is 30.9 Å². The van der Waals surface area contributed by atoms with Crippen molar-refractivity contribution in [2.75, 3.05) is 11.9 Å².